The number of hydrogen-bond acceptors (Lipinski definition) is 2. The van der Waals surface area contributed by atoms with Crippen molar-refractivity contribution in [2.45, 2.75) is 11.8 Å². The first kappa shape index (κ1) is 10.9. The van der Waals surface area contributed by atoms with E-state index in [1.807, 2.05) is 17.9 Å². The Balaban J connectivity index is 2.14. The highest BCUT2D eigenvalue weighted by Crippen LogP contribution is 2.27. The van der Waals surface area contributed by atoms with Crippen molar-refractivity contribution in [1.29, 1.82) is 0 Å². The number of hydrogen-bond donors (Lipinski definition) is 1. The summed E-state index contributed by atoms with van der Waals surface area (Å²) >= 11 is 8.54. The van der Waals surface area contributed by atoms with E-state index in [1.165, 1.54) is 0 Å². The first-order valence-electron chi connectivity index (χ1n) is 4.48. The van der Waals surface area contributed by atoms with Gasteiger partial charge in [0.1, 0.15) is 9.53 Å². The van der Waals surface area contributed by atoms with Crippen LogP contribution in [0, 0.1) is 3.70 Å². The molecule has 0 radical (unpaired) electrons. The second-order valence-electron chi connectivity index (χ2n) is 3.22. The van der Waals surface area contributed by atoms with Crippen LogP contribution >= 0.6 is 34.2 Å². The summed E-state index contributed by atoms with van der Waals surface area (Å²) < 4.78 is 2.88. The number of imidazole rings is 1. The predicted molar refractivity (Wildman–Crippen MR) is 66.8 cm³/mol. The number of H-pyrrole nitrogens is 1. The average molecular weight is 337 g/mol. The van der Waals surface area contributed by atoms with Crippen LogP contribution < -0.4 is 0 Å². The van der Waals surface area contributed by atoms with Crippen LogP contribution in [0.25, 0.3) is 0 Å². The lowest BCUT2D eigenvalue weighted by Gasteiger charge is -2.05. The minimum atomic E-state index is -0.0863. The van der Waals surface area contributed by atoms with Crippen LogP contribution in [0.3, 0.4) is 0 Å². The molecule has 80 valence electrons. The molecule has 2 heterocycles. The van der Waals surface area contributed by atoms with E-state index in [0.29, 0.717) is 6.42 Å². The number of nitrogens with one attached hydrogen (secondary N) is 1. The van der Waals surface area contributed by atoms with E-state index in [4.69, 9.17) is 11.6 Å². The van der Waals surface area contributed by atoms with Crippen molar-refractivity contribution in [3.05, 3.63) is 33.7 Å². The standard InChI is InChI=1S/C9H10ClIN4/c1-15-9(11)6(5-14-15)7(10)4-8-12-2-3-13-8/h2-3,5,7H,4H2,1H3,(H,12,13). The van der Waals surface area contributed by atoms with Crippen molar-refractivity contribution in [2.75, 3.05) is 0 Å². The summed E-state index contributed by atoms with van der Waals surface area (Å²) in [5.41, 5.74) is 1.05. The fourth-order valence-corrected chi connectivity index (χ4v) is 2.47. The van der Waals surface area contributed by atoms with Crippen LogP contribution in [0.1, 0.15) is 16.8 Å². The molecule has 0 saturated heterocycles. The van der Waals surface area contributed by atoms with Crippen molar-refractivity contribution >= 4 is 34.2 Å². The van der Waals surface area contributed by atoms with Gasteiger partial charge in [0, 0.05) is 31.4 Å². The van der Waals surface area contributed by atoms with Gasteiger partial charge in [-0.3, -0.25) is 4.68 Å². The van der Waals surface area contributed by atoms with Crippen molar-refractivity contribution in [2.24, 2.45) is 7.05 Å². The molecule has 0 aromatic carbocycles. The molecule has 2 rings (SSSR count). The van der Waals surface area contributed by atoms with Crippen LogP contribution in [0.15, 0.2) is 18.6 Å². The van der Waals surface area contributed by atoms with E-state index in [1.54, 1.807) is 12.4 Å². The number of halogens is 2. The van der Waals surface area contributed by atoms with Gasteiger partial charge in [0.05, 0.1) is 11.6 Å². The minimum Gasteiger partial charge on any atom is -0.349 e. The van der Waals surface area contributed by atoms with Crippen molar-refractivity contribution in [3.8, 4) is 0 Å². The monoisotopic (exact) mass is 336 g/mol. The Kier molecular flexibility index (Phi) is 3.30. The summed E-state index contributed by atoms with van der Waals surface area (Å²) in [4.78, 5) is 7.19. The summed E-state index contributed by atoms with van der Waals surface area (Å²) in [7, 11) is 1.90. The van der Waals surface area contributed by atoms with Crippen LogP contribution in [-0.4, -0.2) is 19.7 Å². The third-order valence-corrected chi connectivity index (χ3v) is 3.87. The number of aromatic nitrogens is 4. The van der Waals surface area contributed by atoms with Gasteiger partial charge in [-0.25, -0.2) is 4.98 Å². The van der Waals surface area contributed by atoms with Crippen molar-refractivity contribution in [1.82, 2.24) is 19.7 Å². The average Bonchev–Trinajstić information content (AvgIpc) is 2.79. The maximum Gasteiger partial charge on any atom is 0.107 e. The Morgan fingerprint density at radius 2 is 2.47 bits per heavy atom. The van der Waals surface area contributed by atoms with Gasteiger partial charge in [-0.15, -0.1) is 11.6 Å². The topological polar surface area (TPSA) is 46.5 Å². The molecule has 15 heavy (non-hydrogen) atoms. The van der Waals surface area contributed by atoms with Crippen molar-refractivity contribution < 1.29 is 0 Å². The molecule has 0 amide bonds. The molecule has 0 aliphatic heterocycles. The molecule has 0 bridgehead atoms. The van der Waals surface area contributed by atoms with E-state index in [-0.39, 0.29) is 5.38 Å². The highest BCUT2D eigenvalue weighted by atomic mass is 127. The number of rotatable bonds is 3. The lowest BCUT2D eigenvalue weighted by Crippen LogP contribution is -2.00. The molecular formula is C9H10ClIN4. The molecule has 2 aromatic heterocycles. The highest BCUT2D eigenvalue weighted by Gasteiger charge is 2.16. The molecule has 4 nitrogen and oxygen atoms in total. The minimum absolute atomic E-state index is 0.0863. The Hall–Kier alpha value is -0.560. The van der Waals surface area contributed by atoms with E-state index in [9.17, 15) is 0 Å². The van der Waals surface area contributed by atoms with Gasteiger partial charge in [0.25, 0.3) is 0 Å². The van der Waals surface area contributed by atoms with Crippen molar-refractivity contribution in [3.63, 3.8) is 0 Å². The molecule has 2 aromatic rings. The fraction of sp³-hybridized carbons (Fsp3) is 0.333. The van der Waals surface area contributed by atoms with E-state index < -0.39 is 0 Å². The van der Waals surface area contributed by atoms with Gasteiger partial charge in [-0.1, -0.05) is 0 Å². The molecular weight excluding hydrogens is 326 g/mol. The zero-order chi connectivity index (χ0) is 10.8. The first-order chi connectivity index (χ1) is 7.18. The Labute approximate surface area is 106 Å². The zero-order valence-corrected chi connectivity index (χ0v) is 11.0. The summed E-state index contributed by atoms with van der Waals surface area (Å²) in [6, 6.07) is 0. The largest absolute Gasteiger partial charge is 0.349 e. The van der Waals surface area contributed by atoms with E-state index in [2.05, 4.69) is 37.7 Å². The number of nitrogens with zero attached hydrogens (tertiary/aromatic N) is 3. The molecule has 1 unspecified atom stereocenters. The van der Waals surface area contributed by atoms with E-state index in [0.717, 1.165) is 15.1 Å². The smallest absolute Gasteiger partial charge is 0.107 e. The lowest BCUT2D eigenvalue weighted by molar-refractivity contribution is 0.743. The van der Waals surface area contributed by atoms with Gasteiger partial charge in [-0.2, -0.15) is 5.10 Å². The summed E-state index contributed by atoms with van der Waals surface area (Å²) in [6.07, 6.45) is 6.03. The second-order valence-corrected chi connectivity index (χ2v) is 4.77. The third-order valence-electron chi connectivity index (χ3n) is 2.16. The lowest BCUT2D eigenvalue weighted by atomic mass is 10.2. The molecule has 6 heteroatoms. The van der Waals surface area contributed by atoms with Gasteiger partial charge >= 0.3 is 0 Å². The second kappa shape index (κ2) is 4.52. The fourth-order valence-electron chi connectivity index (χ4n) is 1.34. The van der Waals surface area contributed by atoms with E-state index >= 15 is 0 Å². The van der Waals surface area contributed by atoms with Crippen LogP contribution in [0.5, 0.6) is 0 Å². The summed E-state index contributed by atoms with van der Waals surface area (Å²) in [5.74, 6) is 0.898. The Bertz CT molecular complexity index is 437. The molecule has 0 aliphatic carbocycles. The Morgan fingerprint density at radius 3 is 3.00 bits per heavy atom. The summed E-state index contributed by atoms with van der Waals surface area (Å²) in [5, 5.41) is 4.07. The molecule has 1 N–H and O–H groups in total. The zero-order valence-electron chi connectivity index (χ0n) is 8.11. The third kappa shape index (κ3) is 2.34. The molecule has 0 saturated carbocycles. The van der Waals surface area contributed by atoms with Gasteiger partial charge in [0.2, 0.25) is 0 Å². The molecule has 0 spiro atoms. The quantitative estimate of drug-likeness (QED) is 0.690. The molecule has 1 atom stereocenters. The number of alkyl halides is 1. The predicted octanol–water partition coefficient (Wildman–Crippen LogP) is 2.27. The van der Waals surface area contributed by atoms with Crippen LogP contribution in [0.2, 0.25) is 0 Å². The molecule has 0 aliphatic rings. The first-order valence-corrected chi connectivity index (χ1v) is 5.99. The van der Waals surface area contributed by atoms with Crippen LogP contribution in [-0.2, 0) is 13.5 Å². The maximum atomic E-state index is 6.30. The Morgan fingerprint density at radius 1 is 1.67 bits per heavy atom. The van der Waals surface area contributed by atoms with Crippen LogP contribution in [0.4, 0.5) is 0 Å². The maximum absolute atomic E-state index is 6.30. The normalized spacial score (nSPS) is 13.0. The van der Waals surface area contributed by atoms with Gasteiger partial charge in [0.15, 0.2) is 0 Å². The number of aryl methyl sites for hydroxylation is 1. The van der Waals surface area contributed by atoms with Gasteiger partial charge in [-0.05, 0) is 22.6 Å². The highest BCUT2D eigenvalue weighted by molar-refractivity contribution is 14.1. The SMILES string of the molecule is Cn1ncc(C(Cl)Cc2ncc[nH]2)c1I. The van der Waals surface area contributed by atoms with Gasteiger partial charge < -0.3 is 4.98 Å². The summed E-state index contributed by atoms with van der Waals surface area (Å²) in [6.45, 7) is 0. The molecule has 0 fully saturated rings. The number of aromatic amines is 1.